The summed E-state index contributed by atoms with van der Waals surface area (Å²) in [7, 11) is 1.22. The summed E-state index contributed by atoms with van der Waals surface area (Å²) in [6.45, 7) is 0. The molecule has 0 bridgehead atoms. The molecule has 0 fully saturated rings. The van der Waals surface area contributed by atoms with E-state index in [1.807, 2.05) is 0 Å². The second-order valence-corrected chi connectivity index (χ2v) is 7.01. The van der Waals surface area contributed by atoms with E-state index in [0.717, 1.165) is 9.48 Å². The standard InChI is InChI=1S/C18H14BrClN2O4/c1-26-17(24)15-10-18(25,12-4-6-13(19)7-5-12)22(21-15)16(23)11-2-8-14(20)9-3-11/h2-9,25H,10H2,1H3/t18-/m0/s1. The highest BCUT2D eigenvalue weighted by Gasteiger charge is 2.48. The van der Waals surface area contributed by atoms with Gasteiger partial charge < -0.3 is 9.84 Å². The van der Waals surface area contributed by atoms with Gasteiger partial charge in [-0.3, -0.25) is 4.79 Å². The summed E-state index contributed by atoms with van der Waals surface area (Å²) in [4.78, 5) is 24.8. The zero-order valence-electron chi connectivity index (χ0n) is 13.6. The Morgan fingerprint density at radius 1 is 1.19 bits per heavy atom. The zero-order chi connectivity index (χ0) is 18.9. The fourth-order valence-corrected chi connectivity index (χ4v) is 3.04. The molecule has 3 rings (SSSR count). The van der Waals surface area contributed by atoms with E-state index in [-0.39, 0.29) is 17.7 Å². The van der Waals surface area contributed by atoms with Crippen molar-refractivity contribution in [2.24, 2.45) is 5.10 Å². The number of halogens is 2. The van der Waals surface area contributed by atoms with Crippen LogP contribution in [0.5, 0.6) is 0 Å². The molecule has 2 aromatic carbocycles. The molecule has 1 heterocycles. The highest BCUT2D eigenvalue weighted by atomic mass is 79.9. The summed E-state index contributed by atoms with van der Waals surface area (Å²) in [6, 6.07) is 13.0. The van der Waals surface area contributed by atoms with Crippen molar-refractivity contribution in [2.45, 2.75) is 12.1 Å². The molecule has 6 nitrogen and oxygen atoms in total. The Labute approximate surface area is 163 Å². The van der Waals surface area contributed by atoms with Crippen LogP contribution in [-0.2, 0) is 15.3 Å². The highest BCUT2D eigenvalue weighted by Crippen LogP contribution is 2.37. The summed E-state index contributed by atoms with van der Waals surface area (Å²) in [5, 5.41) is 16.7. The molecule has 134 valence electrons. The molecule has 1 aliphatic heterocycles. The summed E-state index contributed by atoms with van der Waals surface area (Å²) >= 11 is 9.19. The van der Waals surface area contributed by atoms with Gasteiger partial charge >= 0.3 is 5.97 Å². The van der Waals surface area contributed by atoms with Crippen molar-refractivity contribution in [3.05, 3.63) is 69.2 Å². The molecule has 1 aliphatic rings. The number of carbonyl (C=O) groups excluding carboxylic acids is 2. The van der Waals surface area contributed by atoms with Crippen LogP contribution >= 0.6 is 27.5 Å². The van der Waals surface area contributed by atoms with E-state index in [9.17, 15) is 14.7 Å². The number of hydrogen-bond donors (Lipinski definition) is 1. The predicted octanol–water partition coefficient (Wildman–Crippen LogP) is 3.32. The van der Waals surface area contributed by atoms with Crippen molar-refractivity contribution >= 4 is 45.1 Å². The lowest BCUT2D eigenvalue weighted by Crippen LogP contribution is -2.43. The number of ether oxygens (including phenoxy) is 1. The lowest BCUT2D eigenvalue weighted by molar-refractivity contribution is -0.133. The first-order valence-electron chi connectivity index (χ1n) is 7.59. The van der Waals surface area contributed by atoms with Gasteiger partial charge in [-0.25, -0.2) is 4.79 Å². The molecule has 0 spiro atoms. The van der Waals surface area contributed by atoms with E-state index in [2.05, 4.69) is 25.8 Å². The van der Waals surface area contributed by atoms with Crippen LogP contribution in [0, 0.1) is 0 Å². The first-order valence-corrected chi connectivity index (χ1v) is 8.76. The number of rotatable bonds is 3. The number of hydrazone groups is 1. The van der Waals surface area contributed by atoms with Crippen molar-refractivity contribution in [1.29, 1.82) is 0 Å². The quantitative estimate of drug-likeness (QED) is 0.747. The molecule has 1 amide bonds. The van der Waals surface area contributed by atoms with E-state index in [0.29, 0.717) is 10.6 Å². The molecule has 0 unspecified atom stereocenters. The van der Waals surface area contributed by atoms with Gasteiger partial charge in [-0.2, -0.15) is 10.1 Å². The first kappa shape index (κ1) is 18.6. The smallest absolute Gasteiger partial charge is 0.354 e. The summed E-state index contributed by atoms with van der Waals surface area (Å²) in [5.41, 5.74) is -1.15. The lowest BCUT2D eigenvalue weighted by atomic mass is 9.97. The maximum absolute atomic E-state index is 12.9. The van der Waals surface area contributed by atoms with Crippen LogP contribution in [0.15, 0.2) is 58.1 Å². The molecule has 0 saturated carbocycles. The summed E-state index contributed by atoms with van der Waals surface area (Å²) < 4.78 is 5.50. The van der Waals surface area contributed by atoms with Gasteiger partial charge in [0.05, 0.1) is 13.5 Å². The van der Waals surface area contributed by atoms with E-state index >= 15 is 0 Å². The van der Waals surface area contributed by atoms with Crippen LogP contribution in [-0.4, -0.2) is 34.8 Å². The number of amides is 1. The van der Waals surface area contributed by atoms with E-state index in [1.54, 1.807) is 36.4 Å². The average Bonchev–Trinajstić information content (AvgIpc) is 3.00. The Morgan fingerprint density at radius 2 is 1.81 bits per heavy atom. The van der Waals surface area contributed by atoms with E-state index < -0.39 is 17.6 Å². The van der Waals surface area contributed by atoms with Crippen molar-refractivity contribution in [3.8, 4) is 0 Å². The maximum Gasteiger partial charge on any atom is 0.354 e. The normalized spacial score (nSPS) is 19.2. The molecule has 0 aromatic heterocycles. The van der Waals surface area contributed by atoms with Gasteiger partial charge in [0.2, 0.25) is 0 Å². The lowest BCUT2D eigenvalue weighted by Gasteiger charge is -2.31. The first-order chi connectivity index (χ1) is 12.3. The third kappa shape index (κ3) is 3.38. The molecule has 0 aliphatic carbocycles. The van der Waals surface area contributed by atoms with Gasteiger partial charge in [-0.1, -0.05) is 39.7 Å². The fourth-order valence-electron chi connectivity index (χ4n) is 2.65. The minimum atomic E-state index is -1.80. The number of aliphatic hydroxyl groups is 1. The van der Waals surface area contributed by atoms with E-state index in [4.69, 9.17) is 11.6 Å². The average molecular weight is 438 g/mol. The Bertz CT molecular complexity index is 883. The van der Waals surface area contributed by atoms with Crippen molar-refractivity contribution in [1.82, 2.24) is 5.01 Å². The second-order valence-electron chi connectivity index (χ2n) is 5.66. The SMILES string of the molecule is COC(=O)C1=NN(C(=O)c2ccc(Cl)cc2)[C@@](O)(c2ccc(Br)cc2)C1. The van der Waals surface area contributed by atoms with Crippen LogP contribution in [0.2, 0.25) is 5.02 Å². The molecule has 8 heteroatoms. The minimum absolute atomic E-state index is 0.0415. The number of carbonyl (C=O) groups is 2. The highest BCUT2D eigenvalue weighted by molar-refractivity contribution is 9.10. The predicted molar refractivity (Wildman–Crippen MR) is 99.7 cm³/mol. The molecular formula is C18H14BrClN2O4. The van der Waals surface area contributed by atoms with Gasteiger partial charge in [0.1, 0.15) is 0 Å². The number of methoxy groups -OCH3 is 1. The van der Waals surface area contributed by atoms with Gasteiger partial charge in [0, 0.05) is 20.6 Å². The number of benzene rings is 2. The number of nitrogens with zero attached hydrogens (tertiary/aromatic N) is 2. The molecular weight excluding hydrogens is 424 g/mol. The summed E-state index contributed by atoms with van der Waals surface area (Å²) in [6.07, 6.45) is -0.180. The van der Waals surface area contributed by atoms with Gasteiger partial charge in [0.15, 0.2) is 11.4 Å². The molecule has 2 aromatic rings. The largest absolute Gasteiger partial charge is 0.464 e. The summed E-state index contributed by atoms with van der Waals surface area (Å²) in [5.74, 6) is -1.27. The molecule has 1 N–H and O–H groups in total. The van der Waals surface area contributed by atoms with Crippen LogP contribution in [0.25, 0.3) is 0 Å². The van der Waals surface area contributed by atoms with Gasteiger partial charge in [0.25, 0.3) is 5.91 Å². The van der Waals surface area contributed by atoms with Crippen LogP contribution in [0.1, 0.15) is 22.3 Å². The van der Waals surface area contributed by atoms with Crippen LogP contribution in [0.4, 0.5) is 0 Å². The number of esters is 1. The Balaban J connectivity index is 2.05. The molecule has 26 heavy (non-hydrogen) atoms. The Kier molecular flexibility index (Phi) is 5.13. The second kappa shape index (κ2) is 7.19. The van der Waals surface area contributed by atoms with Crippen LogP contribution in [0.3, 0.4) is 0 Å². The van der Waals surface area contributed by atoms with Crippen molar-refractivity contribution < 1.29 is 19.4 Å². The maximum atomic E-state index is 12.9. The van der Waals surface area contributed by atoms with Gasteiger partial charge in [-0.15, -0.1) is 0 Å². The number of hydrogen-bond acceptors (Lipinski definition) is 5. The van der Waals surface area contributed by atoms with Crippen molar-refractivity contribution in [3.63, 3.8) is 0 Å². The molecule has 1 atom stereocenters. The third-order valence-corrected chi connectivity index (χ3v) is 4.78. The van der Waals surface area contributed by atoms with Crippen LogP contribution < -0.4 is 0 Å². The van der Waals surface area contributed by atoms with Crippen molar-refractivity contribution in [2.75, 3.05) is 7.11 Å². The molecule has 0 radical (unpaired) electrons. The molecule has 0 saturated heterocycles. The minimum Gasteiger partial charge on any atom is -0.464 e. The fraction of sp³-hybridized carbons (Fsp3) is 0.167. The Hall–Kier alpha value is -2.22. The van der Waals surface area contributed by atoms with Gasteiger partial charge in [-0.05, 0) is 36.4 Å². The monoisotopic (exact) mass is 436 g/mol. The zero-order valence-corrected chi connectivity index (χ0v) is 16.0. The third-order valence-electron chi connectivity index (χ3n) is 4.00. The Morgan fingerprint density at radius 3 is 2.38 bits per heavy atom. The van der Waals surface area contributed by atoms with E-state index in [1.165, 1.54) is 19.2 Å². The topological polar surface area (TPSA) is 79.2 Å².